The van der Waals surface area contributed by atoms with Crippen molar-refractivity contribution in [1.29, 1.82) is 0 Å². The van der Waals surface area contributed by atoms with Gasteiger partial charge < -0.3 is 14.8 Å². The van der Waals surface area contributed by atoms with Crippen molar-refractivity contribution in [2.24, 2.45) is 0 Å². The van der Waals surface area contributed by atoms with Gasteiger partial charge in [0.2, 0.25) is 0 Å². The molecular weight excluding hydrogens is 444 g/mol. The molecule has 0 amide bonds. The van der Waals surface area contributed by atoms with Crippen LogP contribution >= 0.6 is 11.3 Å². The first-order valence-electron chi connectivity index (χ1n) is 11.7. The second-order valence-corrected chi connectivity index (χ2v) is 9.80. The molecule has 1 aromatic carbocycles. The zero-order chi connectivity index (χ0) is 24.3. The summed E-state index contributed by atoms with van der Waals surface area (Å²) in [4.78, 5) is 8.93. The largest absolute Gasteiger partial charge is 0.385 e. The number of aromatic nitrogens is 4. The van der Waals surface area contributed by atoms with Gasteiger partial charge in [-0.1, -0.05) is 39.3 Å². The molecular formula is C27H32N4O2S. The lowest BCUT2D eigenvalue weighted by Crippen LogP contribution is -2.19. The van der Waals surface area contributed by atoms with Gasteiger partial charge >= 0.3 is 0 Å². The van der Waals surface area contributed by atoms with Gasteiger partial charge in [0.15, 0.2) is 0 Å². The quantitative estimate of drug-likeness (QED) is 0.246. The van der Waals surface area contributed by atoms with Gasteiger partial charge in [0.25, 0.3) is 0 Å². The van der Waals surface area contributed by atoms with Crippen molar-refractivity contribution in [2.75, 3.05) is 7.11 Å². The van der Waals surface area contributed by atoms with Crippen LogP contribution in [0.5, 0.6) is 0 Å². The molecule has 0 aliphatic heterocycles. The number of methoxy groups -OCH3 is 1. The minimum absolute atomic E-state index is 0.575. The first-order chi connectivity index (χ1) is 16.4. The molecule has 0 bridgehead atoms. The van der Waals surface area contributed by atoms with E-state index in [2.05, 4.69) is 46.1 Å². The van der Waals surface area contributed by atoms with E-state index in [4.69, 9.17) is 4.74 Å². The normalized spacial score (nSPS) is 13.1. The number of hydrogen-bond donors (Lipinski definition) is 3. The van der Waals surface area contributed by atoms with E-state index in [1.807, 2.05) is 38.1 Å². The number of nitrogens with one attached hydrogen (secondary N) is 2. The monoisotopic (exact) mass is 476 g/mol. The number of aromatic amines is 2. The molecule has 0 radical (unpaired) electrons. The highest BCUT2D eigenvalue weighted by molar-refractivity contribution is 7.19. The van der Waals surface area contributed by atoms with Crippen molar-refractivity contribution in [3.8, 4) is 22.5 Å². The molecule has 178 valence electrons. The summed E-state index contributed by atoms with van der Waals surface area (Å²) in [6.07, 6.45) is 5.49. The second kappa shape index (κ2) is 10.1. The molecule has 7 heteroatoms. The Labute approximate surface area is 204 Å². The fourth-order valence-electron chi connectivity index (χ4n) is 3.98. The molecule has 0 spiro atoms. The molecule has 0 saturated heterocycles. The molecule has 0 fully saturated rings. The van der Waals surface area contributed by atoms with E-state index in [9.17, 15) is 5.11 Å². The standard InChI is InChI=1S/C24H24N4O2S.C3H8/c1-4-24(2,29)15-5-6-17-18(11-15)26-21(20(17)14-7-9-25-10-8-14)22-23-19(27-28-22)12-16(31-23)13-30-3;1-3-2/h5-12,26,29H,4,13H2,1-3H3,(H,27,28);3H2,1-2H3. The lowest BCUT2D eigenvalue weighted by atomic mass is 9.92. The molecule has 4 heterocycles. The SMILES string of the molecule is CCC.CCC(C)(O)c1ccc2c(-c3ccncc3)c(-c3n[nH]c4cc(COC)sc34)[nH]c2c1. The third-order valence-electron chi connectivity index (χ3n) is 5.89. The average molecular weight is 477 g/mol. The van der Waals surface area contributed by atoms with E-state index in [0.717, 1.165) is 54.1 Å². The highest BCUT2D eigenvalue weighted by Crippen LogP contribution is 2.42. The van der Waals surface area contributed by atoms with Crippen molar-refractivity contribution >= 4 is 32.5 Å². The predicted octanol–water partition coefficient (Wildman–Crippen LogP) is 7.01. The van der Waals surface area contributed by atoms with Crippen LogP contribution in [0.25, 0.3) is 43.6 Å². The van der Waals surface area contributed by atoms with Crippen molar-refractivity contribution in [1.82, 2.24) is 20.2 Å². The van der Waals surface area contributed by atoms with Crippen LogP contribution in [0.4, 0.5) is 0 Å². The van der Waals surface area contributed by atoms with Gasteiger partial charge in [-0.05, 0) is 48.7 Å². The molecule has 5 aromatic rings. The summed E-state index contributed by atoms with van der Waals surface area (Å²) in [7, 11) is 1.70. The van der Waals surface area contributed by atoms with Crippen LogP contribution in [0.15, 0.2) is 48.8 Å². The average Bonchev–Trinajstić information content (AvgIpc) is 3.52. The predicted molar refractivity (Wildman–Crippen MR) is 141 cm³/mol. The Hall–Kier alpha value is -3.00. The number of H-pyrrole nitrogens is 2. The molecule has 0 saturated carbocycles. The van der Waals surface area contributed by atoms with Crippen molar-refractivity contribution in [3.05, 3.63) is 59.2 Å². The molecule has 34 heavy (non-hydrogen) atoms. The summed E-state index contributed by atoms with van der Waals surface area (Å²) in [5, 5.41) is 19.7. The molecule has 0 aliphatic rings. The number of thiophene rings is 1. The minimum atomic E-state index is -0.876. The number of benzene rings is 1. The Kier molecular flexibility index (Phi) is 7.16. The highest BCUT2D eigenvalue weighted by Gasteiger charge is 2.24. The van der Waals surface area contributed by atoms with Crippen LogP contribution < -0.4 is 0 Å². The number of fused-ring (bicyclic) bond motifs is 2. The Morgan fingerprint density at radius 2 is 1.79 bits per heavy atom. The Balaban J connectivity index is 0.000000868. The third kappa shape index (κ3) is 4.51. The second-order valence-electron chi connectivity index (χ2n) is 8.67. The van der Waals surface area contributed by atoms with E-state index < -0.39 is 5.60 Å². The molecule has 6 nitrogen and oxygen atoms in total. The van der Waals surface area contributed by atoms with Crippen LogP contribution in [0.2, 0.25) is 0 Å². The van der Waals surface area contributed by atoms with Gasteiger partial charge in [0.05, 0.1) is 28.1 Å². The highest BCUT2D eigenvalue weighted by atomic mass is 32.1. The maximum atomic E-state index is 10.8. The third-order valence-corrected chi connectivity index (χ3v) is 7.00. The molecule has 1 unspecified atom stereocenters. The van der Waals surface area contributed by atoms with Gasteiger partial charge in [-0.25, -0.2) is 0 Å². The summed E-state index contributed by atoms with van der Waals surface area (Å²) < 4.78 is 6.40. The zero-order valence-electron chi connectivity index (χ0n) is 20.4. The molecule has 0 aliphatic carbocycles. The smallest absolute Gasteiger partial charge is 0.127 e. The van der Waals surface area contributed by atoms with Crippen molar-refractivity contribution in [3.63, 3.8) is 0 Å². The van der Waals surface area contributed by atoms with E-state index in [-0.39, 0.29) is 0 Å². The summed E-state index contributed by atoms with van der Waals surface area (Å²) in [6.45, 7) is 8.66. The maximum Gasteiger partial charge on any atom is 0.127 e. The maximum absolute atomic E-state index is 10.8. The number of ether oxygens (including phenoxy) is 1. The Morgan fingerprint density at radius 1 is 1.06 bits per heavy atom. The van der Waals surface area contributed by atoms with Crippen LogP contribution in [-0.2, 0) is 16.9 Å². The molecule has 5 rings (SSSR count). The van der Waals surface area contributed by atoms with Gasteiger partial charge in [0, 0.05) is 40.8 Å². The Morgan fingerprint density at radius 3 is 2.47 bits per heavy atom. The van der Waals surface area contributed by atoms with E-state index in [1.54, 1.807) is 30.8 Å². The zero-order valence-corrected chi connectivity index (χ0v) is 21.2. The van der Waals surface area contributed by atoms with Gasteiger partial charge in [-0.3, -0.25) is 10.1 Å². The number of rotatable bonds is 6. The van der Waals surface area contributed by atoms with Crippen LogP contribution in [-0.4, -0.2) is 32.4 Å². The fraction of sp³-hybridized carbons (Fsp3) is 0.333. The van der Waals surface area contributed by atoms with Gasteiger partial charge in [0.1, 0.15) is 5.69 Å². The van der Waals surface area contributed by atoms with E-state index >= 15 is 0 Å². The summed E-state index contributed by atoms with van der Waals surface area (Å²) >= 11 is 1.68. The lowest BCUT2D eigenvalue weighted by Gasteiger charge is -2.21. The summed E-state index contributed by atoms with van der Waals surface area (Å²) in [5.41, 5.74) is 5.96. The van der Waals surface area contributed by atoms with Gasteiger partial charge in [-0.2, -0.15) is 5.10 Å². The van der Waals surface area contributed by atoms with Crippen molar-refractivity contribution < 1.29 is 9.84 Å². The topological polar surface area (TPSA) is 86.8 Å². The number of pyridine rings is 1. The summed E-state index contributed by atoms with van der Waals surface area (Å²) in [6, 6.07) is 12.2. The Bertz CT molecular complexity index is 1380. The minimum Gasteiger partial charge on any atom is -0.385 e. The number of aliphatic hydroxyl groups is 1. The number of nitrogens with zero attached hydrogens (tertiary/aromatic N) is 2. The van der Waals surface area contributed by atoms with Crippen LogP contribution in [0, 0.1) is 0 Å². The fourth-order valence-corrected chi connectivity index (χ4v) is 5.06. The van der Waals surface area contributed by atoms with Crippen molar-refractivity contribution in [2.45, 2.75) is 52.7 Å². The first-order valence-corrected chi connectivity index (χ1v) is 12.5. The van der Waals surface area contributed by atoms with Gasteiger partial charge in [-0.15, -0.1) is 11.3 Å². The molecule has 1 atom stereocenters. The molecule has 4 aromatic heterocycles. The lowest BCUT2D eigenvalue weighted by molar-refractivity contribution is 0.0532. The first kappa shape index (κ1) is 24.1. The number of hydrogen-bond acceptors (Lipinski definition) is 5. The van der Waals surface area contributed by atoms with E-state index in [1.165, 1.54) is 6.42 Å². The molecule has 3 N–H and O–H groups in total. The van der Waals surface area contributed by atoms with E-state index in [0.29, 0.717) is 13.0 Å². The van der Waals surface area contributed by atoms with Crippen LogP contribution in [0.1, 0.15) is 51.0 Å². The summed E-state index contributed by atoms with van der Waals surface area (Å²) in [5.74, 6) is 0. The van der Waals surface area contributed by atoms with Crippen LogP contribution in [0.3, 0.4) is 0 Å².